The lowest BCUT2D eigenvalue weighted by Gasteiger charge is -2.72. The molecule has 5 aliphatic carbocycles. The van der Waals surface area contributed by atoms with E-state index < -0.39 is 192 Å². The zero-order chi connectivity index (χ0) is 56.9. The lowest BCUT2D eigenvalue weighted by Crippen LogP contribution is -2.72. The maximum absolute atomic E-state index is 14.0. The van der Waals surface area contributed by atoms with E-state index in [0.29, 0.717) is 37.7 Å². The number of carbonyl (C=O) groups is 4. The number of aliphatic hydroxyl groups excluding tert-OH is 10. The molecule has 11 N–H and O–H groups in total. The van der Waals surface area contributed by atoms with Gasteiger partial charge in [-0.25, -0.2) is 9.59 Å². The molecule has 4 saturated carbocycles. The van der Waals surface area contributed by atoms with Gasteiger partial charge in [0.15, 0.2) is 25.0 Å². The Labute approximate surface area is 447 Å². The van der Waals surface area contributed by atoms with E-state index in [1.165, 1.54) is 6.92 Å². The largest absolute Gasteiger partial charge is 0.479 e. The summed E-state index contributed by atoms with van der Waals surface area (Å²) in [4.78, 5) is 53.2. The molecule has 77 heavy (non-hydrogen) atoms. The molecule has 23 heteroatoms. The highest BCUT2D eigenvalue weighted by atomic mass is 16.8. The number of esters is 2. The Kier molecular flexibility index (Phi) is 16.9. The summed E-state index contributed by atoms with van der Waals surface area (Å²) in [6, 6.07) is 0. The van der Waals surface area contributed by atoms with Crippen molar-refractivity contribution in [1.29, 1.82) is 0 Å². The lowest BCUT2D eigenvalue weighted by atomic mass is 9.33. The van der Waals surface area contributed by atoms with Crippen molar-refractivity contribution in [3.05, 3.63) is 23.3 Å². The Morgan fingerprint density at radius 1 is 0.740 bits per heavy atom. The summed E-state index contributed by atoms with van der Waals surface area (Å²) in [5.41, 5.74) is -4.13. The number of carboxylic acid groups (broad SMARTS) is 1. The van der Waals surface area contributed by atoms with Crippen molar-refractivity contribution in [3.8, 4) is 0 Å². The van der Waals surface area contributed by atoms with Crippen LogP contribution in [-0.4, -0.2) is 211 Å². The van der Waals surface area contributed by atoms with E-state index in [1.807, 2.05) is 13.8 Å². The molecule has 8 aliphatic rings. The van der Waals surface area contributed by atoms with Crippen molar-refractivity contribution >= 4 is 24.2 Å². The van der Waals surface area contributed by atoms with E-state index in [1.54, 1.807) is 26.8 Å². The molecule has 0 bridgehead atoms. The molecular weight excluding hydrogens is 1020 g/mol. The van der Waals surface area contributed by atoms with Crippen molar-refractivity contribution in [2.45, 2.75) is 218 Å². The molecule has 436 valence electrons. The van der Waals surface area contributed by atoms with Crippen molar-refractivity contribution < 1.29 is 113 Å². The molecule has 0 aromatic carbocycles. The van der Waals surface area contributed by atoms with Gasteiger partial charge in [-0.15, -0.1) is 0 Å². The quantitative estimate of drug-likeness (QED) is 0.0365. The molecule has 23 nitrogen and oxygen atoms in total. The van der Waals surface area contributed by atoms with E-state index in [9.17, 15) is 75.3 Å². The van der Waals surface area contributed by atoms with E-state index in [4.69, 9.17) is 37.9 Å². The molecule has 0 spiro atoms. The molecule has 0 amide bonds. The minimum atomic E-state index is -2.17. The first kappa shape index (κ1) is 60.0. The molecule has 0 aromatic rings. The summed E-state index contributed by atoms with van der Waals surface area (Å²) >= 11 is 0. The fourth-order valence-corrected chi connectivity index (χ4v) is 15.8. The fraction of sp³-hybridized carbons (Fsp3) is 0.852. The van der Waals surface area contributed by atoms with Crippen LogP contribution in [0.4, 0.5) is 0 Å². The van der Waals surface area contributed by atoms with Gasteiger partial charge in [0, 0.05) is 17.9 Å². The molecule has 0 radical (unpaired) electrons. The second-order valence-electron chi connectivity index (χ2n) is 24.9. The summed E-state index contributed by atoms with van der Waals surface area (Å²) < 4.78 is 48.3. The Morgan fingerprint density at radius 3 is 2.01 bits per heavy atom. The highest BCUT2D eigenvalue weighted by molar-refractivity contribution is 5.87. The number of hydrogen-bond acceptors (Lipinski definition) is 22. The summed E-state index contributed by atoms with van der Waals surface area (Å²) in [5, 5.41) is 121. The second-order valence-corrected chi connectivity index (χ2v) is 24.9. The van der Waals surface area contributed by atoms with Gasteiger partial charge in [0.1, 0.15) is 79.5 Å². The topological polar surface area (TPSA) is 365 Å². The molecule has 3 saturated heterocycles. The Balaban J connectivity index is 1.13. The van der Waals surface area contributed by atoms with Gasteiger partial charge in [-0.2, -0.15) is 0 Å². The van der Waals surface area contributed by atoms with Crippen LogP contribution in [0.1, 0.15) is 107 Å². The third kappa shape index (κ3) is 9.55. The summed E-state index contributed by atoms with van der Waals surface area (Å²) in [6.07, 6.45) is -23.7. The maximum Gasteiger partial charge on any atom is 0.335 e. The number of carboxylic acids is 1. The minimum Gasteiger partial charge on any atom is -0.479 e. The first-order valence-electron chi connectivity index (χ1n) is 26.9. The van der Waals surface area contributed by atoms with Crippen molar-refractivity contribution in [1.82, 2.24) is 0 Å². The van der Waals surface area contributed by atoms with Crippen molar-refractivity contribution in [2.75, 3.05) is 19.8 Å². The fourth-order valence-electron chi connectivity index (χ4n) is 15.8. The molecule has 8 rings (SSSR count). The predicted molar refractivity (Wildman–Crippen MR) is 262 cm³/mol. The molecular formula is C54H82O23. The Hall–Kier alpha value is -3.08. The summed E-state index contributed by atoms with van der Waals surface area (Å²) in [5.74, 6) is -4.02. The van der Waals surface area contributed by atoms with Crippen LogP contribution >= 0.6 is 0 Å². The van der Waals surface area contributed by atoms with Crippen molar-refractivity contribution in [2.24, 2.45) is 50.2 Å². The summed E-state index contributed by atoms with van der Waals surface area (Å²) in [7, 11) is 0. The number of aliphatic carboxylic acids is 1. The normalized spacial score (nSPS) is 50.6. The summed E-state index contributed by atoms with van der Waals surface area (Å²) in [6.45, 7) is 14.7. The first-order valence-corrected chi connectivity index (χ1v) is 26.9. The van der Waals surface area contributed by atoms with Gasteiger partial charge in [-0.1, -0.05) is 59.3 Å². The van der Waals surface area contributed by atoms with Crippen LogP contribution in [0.5, 0.6) is 0 Å². The third-order valence-electron chi connectivity index (χ3n) is 20.5. The standard InChI is InChI=1S/C54H82O23/c1-10-23(2)45(69)77-42-43(71-24(3)58)54(22-57)26(17-49(42,4)5)25-11-12-30-50(6)15-14-32(51(7,21-56)29(50)13-16-52(30,8)53(25,9)18-31(54)60)73-48-41(76-47-37(65)35(63)34(62)28(19-55)72-47)39(38(66)40(75-48)44(67)68)74-46-36(64)33(61)27(59)20-70-46/h10-11,21,26-43,46-48,55,57,59-66H,12-20,22H2,1-9H3,(H,67,68)/b23-10+/t26-,27-,28+,29+,30+,31+,32-,33-,34-,35-,36+,37+,38-,39-,40-,41+,42-,43-,46-,47-,48+,50-,51-,52+,53+,54-/m0/s1. The molecule has 3 aliphatic heterocycles. The van der Waals surface area contributed by atoms with E-state index in [2.05, 4.69) is 26.8 Å². The van der Waals surface area contributed by atoms with Crippen LogP contribution in [-0.2, 0) is 57.1 Å². The van der Waals surface area contributed by atoms with Crippen LogP contribution in [0.25, 0.3) is 0 Å². The average Bonchev–Trinajstić information content (AvgIpc) is 3.55. The van der Waals surface area contributed by atoms with Crippen LogP contribution in [0.2, 0.25) is 0 Å². The van der Waals surface area contributed by atoms with Crippen LogP contribution in [0, 0.1) is 50.2 Å². The van der Waals surface area contributed by atoms with Crippen LogP contribution < -0.4 is 0 Å². The van der Waals surface area contributed by atoms with Crippen molar-refractivity contribution in [3.63, 3.8) is 0 Å². The molecule has 0 unspecified atom stereocenters. The predicted octanol–water partition coefficient (Wildman–Crippen LogP) is -0.475. The third-order valence-corrected chi connectivity index (χ3v) is 20.5. The minimum absolute atomic E-state index is 0.122. The second kappa shape index (κ2) is 21.7. The smallest absolute Gasteiger partial charge is 0.335 e. The Morgan fingerprint density at radius 2 is 1.40 bits per heavy atom. The number of aldehydes is 1. The number of allylic oxidation sites excluding steroid dienone is 3. The molecule has 26 atom stereocenters. The van der Waals surface area contributed by atoms with Gasteiger partial charge in [-0.3, -0.25) is 4.79 Å². The SMILES string of the molecule is C/C=C(\C)C(=O)O[C@H]1[C@H](OC(C)=O)[C@]2(CO)[C@H](O)C[C@]3(C)C(=CC[C@@H]4[C@@]5(C)CC[C@H](O[C@@H]6O[C@H](C(=O)O)[C@@H](O)[C@H](O[C@@H]7OC[C@H](O)[C@H](O)[C@H]7O)[C@H]6O[C@@H]6O[C@H](CO)[C@H](O)[C@H](O)[C@H]6O)[C@@](C)(C=O)[C@@H]5CC[C@]43C)[C@@H]2CC1(C)C. The maximum atomic E-state index is 14.0. The molecule has 3 heterocycles. The van der Waals surface area contributed by atoms with Gasteiger partial charge in [0.2, 0.25) is 0 Å². The number of rotatable bonds is 13. The van der Waals surface area contributed by atoms with E-state index in [0.717, 1.165) is 11.9 Å². The average molecular weight is 1100 g/mol. The first-order chi connectivity index (χ1) is 36.0. The van der Waals surface area contributed by atoms with Gasteiger partial charge in [-0.05, 0) is 92.8 Å². The number of carbonyl (C=O) groups excluding carboxylic acids is 3. The highest BCUT2D eigenvalue weighted by Crippen LogP contribution is 2.76. The zero-order valence-electron chi connectivity index (χ0n) is 45.2. The molecule has 0 aromatic heterocycles. The van der Waals surface area contributed by atoms with E-state index >= 15 is 0 Å². The monoisotopic (exact) mass is 1100 g/mol. The number of ether oxygens (including phenoxy) is 8. The number of fused-ring (bicyclic) bond motifs is 7. The number of aliphatic hydroxyl groups is 10. The number of hydrogen-bond donors (Lipinski definition) is 11. The zero-order valence-corrected chi connectivity index (χ0v) is 45.2. The van der Waals surface area contributed by atoms with Gasteiger partial charge >= 0.3 is 17.9 Å². The Bertz CT molecular complexity index is 2270. The van der Waals surface area contributed by atoms with Gasteiger partial charge < -0.3 is 98.9 Å². The van der Waals surface area contributed by atoms with Gasteiger partial charge in [0.25, 0.3) is 0 Å². The highest BCUT2D eigenvalue weighted by Gasteiger charge is 2.74. The molecule has 7 fully saturated rings. The van der Waals surface area contributed by atoms with Gasteiger partial charge in [0.05, 0.1) is 42.9 Å². The lowest BCUT2D eigenvalue weighted by molar-refractivity contribution is -0.391. The van der Waals surface area contributed by atoms with E-state index in [-0.39, 0.29) is 18.8 Å². The van der Waals surface area contributed by atoms with Crippen LogP contribution in [0.3, 0.4) is 0 Å². The van der Waals surface area contributed by atoms with Crippen LogP contribution in [0.15, 0.2) is 23.3 Å².